The van der Waals surface area contributed by atoms with E-state index in [2.05, 4.69) is 5.32 Å². The topological polar surface area (TPSA) is 58.6 Å². The first kappa shape index (κ1) is 12.6. The highest BCUT2D eigenvalue weighted by Crippen LogP contribution is 2.12. The molecule has 1 saturated heterocycles. The third kappa shape index (κ3) is 3.30. The van der Waals surface area contributed by atoms with Crippen LogP contribution < -0.4 is 5.32 Å². The molecule has 1 N–H and O–H groups in total. The maximum Gasteiger partial charge on any atom is 0.250 e. The summed E-state index contributed by atoms with van der Waals surface area (Å²) in [6, 6.07) is 7.24. The van der Waals surface area contributed by atoms with Crippen molar-refractivity contribution in [1.82, 2.24) is 5.06 Å². The zero-order valence-corrected chi connectivity index (χ0v) is 10.3. The van der Waals surface area contributed by atoms with Gasteiger partial charge in [-0.2, -0.15) is 0 Å². The first-order valence-electron chi connectivity index (χ1n) is 5.95. The molecule has 18 heavy (non-hydrogen) atoms. The van der Waals surface area contributed by atoms with Crippen LogP contribution in [-0.2, 0) is 20.8 Å². The Labute approximate surface area is 106 Å². The lowest BCUT2D eigenvalue weighted by Gasteiger charge is -2.13. The molecule has 5 heteroatoms. The van der Waals surface area contributed by atoms with E-state index in [0.29, 0.717) is 19.6 Å². The Balaban J connectivity index is 1.93. The van der Waals surface area contributed by atoms with Gasteiger partial charge in [-0.1, -0.05) is 12.1 Å². The van der Waals surface area contributed by atoms with Crippen LogP contribution in [0.1, 0.15) is 18.9 Å². The average Bonchev–Trinajstić information content (AvgIpc) is 2.84. The van der Waals surface area contributed by atoms with Crippen molar-refractivity contribution < 1.29 is 14.4 Å². The molecule has 0 atom stereocenters. The molecule has 1 heterocycles. The van der Waals surface area contributed by atoms with E-state index in [0.717, 1.165) is 17.7 Å². The number of carbonyl (C=O) groups excluding carboxylic acids is 2. The van der Waals surface area contributed by atoms with Gasteiger partial charge in [-0.3, -0.25) is 14.4 Å². The van der Waals surface area contributed by atoms with E-state index >= 15 is 0 Å². The van der Waals surface area contributed by atoms with Crippen LogP contribution in [0.4, 0.5) is 5.69 Å². The second-order valence-electron chi connectivity index (χ2n) is 4.24. The number of nitrogens with one attached hydrogen (secondary N) is 1. The molecule has 0 unspecified atom stereocenters. The zero-order valence-electron chi connectivity index (χ0n) is 10.3. The fourth-order valence-electron chi connectivity index (χ4n) is 1.82. The molecule has 2 amide bonds. The van der Waals surface area contributed by atoms with Gasteiger partial charge in [-0.15, -0.1) is 0 Å². The smallest absolute Gasteiger partial charge is 0.250 e. The second kappa shape index (κ2) is 5.64. The number of carbonyl (C=O) groups is 2. The van der Waals surface area contributed by atoms with Crippen molar-refractivity contribution in [3.63, 3.8) is 0 Å². The molecule has 1 aliphatic rings. The van der Waals surface area contributed by atoms with Crippen molar-refractivity contribution in [3.05, 3.63) is 29.8 Å². The summed E-state index contributed by atoms with van der Waals surface area (Å²) in [6.07, 6.45) is 1.22. The molecule has 2 rings (SSSR count). The maximum absolute atomic E-state index is 11.8. The lowest BCUT2D eigenvalue weighted by Crippen LogP contribution is -2.27. The Bertz CT molecular complexity index is 436. The van der Waals surface area contributed by atoms with Crippen LogP contribution in [-0.4, -0.2) is 30.0 Å². The van der Waals surface area contributed by atoms with Gasteiger partial charge >= 0.3 is 0 Å². The third-order valence-corrected chi connectivity index (χ3v) is 2.66. The fourth-order valence-corrected chi connectivity index (χ4v) is 1.82. The van der Waals surface area contributed by atoms with Crippen molar-refractivity contribution >= 4 is 17.5 Å². The van der Waals surface area contributed by atoms with Gasteiger partial charge in [0.25, 0.3) is 5.91 Å². The van der Waals surface area contributed by atoms with Gasteiger partial charge < -0.3 is 5.32 Å². The van der Waals surface area contributed by atoms with E-state index in [1.54, 1.807) is 12.1 Å². The summed E-state index contributed by atoms with van der Waals surface area (Å²) < 4.78 is 0. The molecule has 0 radical (unpaired) electrons. The number of nitrogens with zero attached hydrogens (tertiary/aromatic N) is 1. The Morgan fingerprint density at radius 3 is 2.61 bits per heavy atom. The molecule has 0 aromatic heterocycles. The molecule has 0 spiro atoms. The monoisotopic (exact) mass is 248 g/mol. The van der Waals surface area contributed by atoms with Crippen molar-refractivity contribution in [2.75, 3.05) is 18.5 Å². The van der Waals surface area contributed by atoms with Crippen LogP contribution in [0.15, 0.2) is 24.3 Å². The van der Waals surface area contributed by atoms with Gasteiger partial charge in [0.05, 0.1) is 19.6 Å². The molecule has 1 aliphatic heterocycles. The number of amides is 2. The first-order chi connectivity index (χ1) is 8.65. The van der Waals surface area contributed by atoms with Crippen molar-refractivity contribution in [2.24, 2.45) is 0 Å². The van der Waals surface area contributed by atoms with Crippen molar-refractivity contribution in [1.29, 1.82) is 0 Å². The first-order valence-corrected chi connectivity index (χ1v) is 5.95. The zero-order chi connectivity index (χ0) is 13.0. The van der Waals surface area contributed by atoms with E-state index in [1.807, 2.05) is 12.1 Å². The standard InChI is InChI=1S/C13H16N2O3/c1-10(16)14-12-5-3-11(4-6-12)9-13(17)15-7-2-8-18-15/h3-6H,2,7-9H2,1H3,(H,14,16). The van der Waals surface area contributed by atoms with Crippen LogP contribution in [0.5, 0.6) is 0 Å². The van der Waals surface area contributed by atoms with Gasteiger partial charge in [0.2, 0.25) is 5.91 Å². The summed E-state index contributed by atoms with van der Waals surface area (Å²) >= 11 is 0. The number of hydrogen-bond donors (Lipinski definition) is 1. The second-order valence-corrected chi connectivity index (χ2v) is 4.24. The predicted molar refractivity (Wildman–Crippen MR) is 66.7 cm³/mol. The molecular weight excluding hydrogens is 232 g/mol. The van der Waals surface area contributed by atoms with E-state index in [4.69, 9.17) is 4.84 Å². The van der Waals surface area contributed by atoms with Crippen molar-refractivity contribution in [2.45, 2.75) is 19.8 Å². The molecule has 96 valence electrons. The Kier molecular flexibility index (Phi) is 3.94. The number of anilines is 1. The summed E-state index contributed by atoms with van der Waals surface area (Å²) in [5.41, 5.74) is 1.64. The van der Waals surface area contributed by atoms with Gasteiger partial charge in [0.1, 0.15) is 0 Å². The summed E-state index contributed by atoms with van der Waals surface area (Å²) in [4.78, 5) is 27.9. The molecule has 0 bridgehead atoms. The average molecular weight is 248 g/mol. The summed E-state index contributed by atoms with van der Waals surface area (Å²) in [5, 5.41) is 4.10. The lowest BCUT2D eigenvalue weighted by atomic mass is 10.1. The molecule has 0 aliphatic carbocycles. The minimum atomic E-state index is -0.107. The summed E-state index contributed by atoms with van der Waals surface area (Å²) in [5.74, 6) is -0.135. The minimum absolute atomic E-state index is 0.0280. The van der Waals surface area contributed by atoms with Crippen LogP contribution in [0.2, 0.25) is 0 Å². The number of benzene rings is 1. The molecule has 1 fully saturated rings. The Hall–Kier alpha value is -1.88. The Morgan fingerprint density at radius 1 is 1.33 bits per heavy atom. The SMILES string of the molecule is CC(=O)Nc1ccc(CC(=O)N2CCCO2)cc1. The largest absolute Gasteiger partial charge is 0.326 e. The quantitative estimate of drug-likeness (QED) is 0.878. The molecule has 0 saturated carbocycles. The summed E-state index contributed by atoms with van der Waals surface area (Å²) in [7, 11) is 0. The Morgan fingerprint density at radius 2 is 2.06 bits per heavy atom. The maximum atomic E-state index is 11.8. The molecule has 5 nitrogen and oxygen atoms in total. The highest BCUT2D eigenvalue weighted by Gasteiger charge is 2.19. The molecule has 1 aromatic rings. The van der Waals surface area contributed by atoms with E-state index in [1.165, 1.54) is 12.0 Å². The van der Waals surface area contributed by atoms with Crippen LogP contribution in [0.3, 0.4) is 0 Å². The van der Waals surface area contributed by atoms with Crippen LogP contribution >= 0.6 is 0 Å². The number of hydroxylamine groups is 2. The normalized spacial score (nSPS) is 14.6. The van der Waals surface area contributed by atoms with Crippen molar-refractivity contribution in [3.8, 4) is 0 Å². The van der Waals surface area contributed by atoms with Gasteiger partial charge in [-0.05, 0) is 24.1 Å². The van der Waals surface area contributed by atoms with E-state index in [9.17, 15) is 9.59 Å². The minimum Gasteiger partial charge on any atom is -0.326 e. The van der Waals surface area contributed by atoms with E-state index in [-0.39, 0.29) is 11.8 Å². The third-order valence-electron chi connectivity index (χ3n) is 2.66. The molecular formula is C13H16N2O3. The lowest BCUT2D eigenvalue weighted by molar-refractivity contribution is -0.167. The molecule has 1 aromatic carbocycles. The number of hydrogen-bond acceptors (Lipinski definition) is 3. The predicted octanol–water partition coefficient (Wildman–Crippen LogP) is 1.35. The van der Waals surface area contributed by atoms with Crippen LogP contribution in [0.25, 0.3) is 0 Å². The number of rotatable bonds is 3. The summed E-state index contributed by atoms with van der Waals surface area (Å²) in [6.45, 7) is 2.75. The fraction of sp³-hybridized carbons (Fsp3) is 0.385. The van der Waals surface area contributed by atoms with Crippen LogP contribution in [0, 0.1) is 0 Å². The highest BCUT2D eigenvalue weighted by molar-refractivity contribution is 5.88. The van der Waals surface area contributed by atoms with Gasteiger partial charge in [-0.25, -0.2) is 5.06 Å². The van der Waals surface area contributed by atoms with E-state index < -0.39 is 0 Å². The van der Waals surface area contributed by atoms with Gasteiger partial charge in [0, 0.05) is 12.6 Å². The highest BCUT2D eigenvalue weighted by atomic mass is 16.7. The van der Waals surface area contributed by atoms with Gasteiger partial charge in [0.15, 0.2) is 0 Å².